The van der Waals surface area contributed by atoms with Gasteiger partial charge in [0.25, 0.3) is 5.91 Å². The van der Waals surface area contributed by atoms with E-state index in [-0.39, 0.29) is 12.5 Å². The number of ether oxygens (including phenoxy) is 2. The van der Waals surface area contributed by atoms with Crippen molar-refractivity contribution in [2.24, 2.45) is 0 Å². The highest BCUT2D eigenvalue weighted by Gasteiger charge is 2.18. The van der Waals surface area contributed by atoms with E-state index in [9.17, 15) is 9.59 Å². The van der Waals surface area contributed by atoms with Crippen LogP contribution in [0.2, 0.25) is 0 Å². The summed E-state index contributed by atoms with van der Waals surface area (Å²) >= 11 is 0. The van der Waals surface area contributed by atoms with E-state index in [0.29, 0.717) is 22.2 Å². The molecule has 5 heteroatoms. The van der Waals surface area contributed by atoms with Crippen LogP contribution in [-0.4, -0.2) is 30.2 Å². The van der Waals surface area contributed by atoms with Crippen LogP contribution in [0.3, 0.4) is 0 Å². The summed E-state index contributed by atoms with van der Waals surface area (Å²) in [4.78, 5) is 24.6. The van der Waals surface area contributed by atoms with Crippen molar-refractivity contribution in [3.8, 4) is 5.75 Å². The van der Waals surface area contributed by atoms with Crippen molar-refractivity contribution in [2.45, 2.75) is 13.8 Å². The molecule has 1 aromatic heterocycles. The highest BCUT2D eigenvalue weighted by Crippen LogP contribution is 2.22. The highest BCUT2D eigenvalue weighted by molar-refractivity contribution is 6.07. The number of esters is 1. The second-order valence-electron chi connectivity index (χ2n) is 5.93. The molecule has 0 bridgehead atoms. The molecular formula is C20H19NO4. The Balaban J connectivity index is 1.88. The number of nitrogens with zero attached hydrogens (tertiary/aromatic N) is 1. The number of fused-ring (bicyclic) bond motifs is 1. The molecule has 25 heavy (non-hydrogen) atoms. The van der Waals surface area contributed by atoms with E-state index in [2.05, 4.69) is 0 Å². The number of para-hydroxylation sites is 1. The lowest BCUT2D eigenvalue weighted by molar-refractivity contribution is 0.0603. The summed E-state index contributed by atoms with van der Waals surface area (Å²) in [7, 11) is 1.32. The number of benzene rings is 2. The van der Waals surface area contributed by atoms with Crippen LogP contribution in [0.15, 0.2) is 48.7 Å². The zero-order valence-corrected chi connectivity index (χ0v) is 14.4. The predicted molar refractivity (Wildman–Crippen MR) is 95.3 cm³/mol. The molecule has 128 valence electrons. The number of aromatic nitrogens is 1. The van der Waals surface area contributed by atoms with Gasteiger partial charge in [-0.1, -0.05) is 24.3 Å². The zero-order valence-electron chi connectivity index (χ0n) is 14.4. The number of carbonyl (C=O) groups is 2. The molecule has 0 saturated carbocycles. The summed E-state index contributed by atoms with van der Waals surface area (Å²) in [6.07, 6.45) is 1.50. The third-order valence-corrected chi connectivity index (χ3v) is 3.94. The molecule has 0 amide bonds. The van der Waals surface area contributed by atoms with E-state index in [1.165, 1.54) is 17.9 Å². The number of rotatable bonds is 4. The van der Waals surface area contributed by atoms with Crippen molar-refractivity contribution >= 4 is 22.8 Å². The first-order valence-electron chi connectivity index (χ1n) is 7.92. The SMILES string of the molecule is COC(=O)c1cn(C(=O)COc2cc(C)cc(C)c2)c2ccccc12. The predicted octanol–water partition coefficient (Wildman–Crippen LogP) is 3.76. The van der Waals surface area contributed by atoms with Crippen molar-refractivity contribution in [3.63, 3.8) is 0 Å². The Morgan fingerprint density at radius 1 is 1.04 bits per heavy atom. The Labute approximate surface area is 145 Å². The van der Waals surface area contributed by atoms with Gasteiger partial charge in [-0.15, -0.1) is 0 Å². The summed E-state index contributed by atoms with van der Waals surface area (Å²) in [6, 6.07) is 13.0. The van der Waals surface area contributed by atoms with E-state index >= 15 is 0 Å². The first kappa shape index (κ1) is 16.8. The molecule has 1 heterocycles. The lowest BCUT2D eigenvalue weighted by Gasteiger charge is -2.09. The molecule has 0 N–H and O–H groups in total. The molecule has 0 fully saturated rings. The van der Waals surface area contributed by atoms with Gasteiger partial charge in [0.2, 0.25) is 0 Å². The van der Waals surface area contributed by atoms with Crippen LogP contribution in [0.1, 0.15) is 26.3 Å². The maximum atomic E-state index is 12.6. The monoisotopic (exact) mass is 337 g/mol. The summed E-state index contributed by atoms with van der Waals surface area (Å²) in [5.41, 5.74) is 3.15. The molecule has 0 saturated heterocycles. The van der Waals surface area contributed by atoms with Crippen LogP contribution in [0.25, 0.3) is 10.9 Å². The van der Waals surface area contributed by atoms with Crippen molar-refractivity contribution in [3.05, 3.63) is 65.4 Å². The second-order valence-corrected chi connectivity index (χ2v) is 5.93. The van der Waals surface area contributed by atoms with Crippen LogP contribution in [0.4, 0.5) is 0 Å². The molecule has 0 aliphatic rings. The number of carbonyl (C=O) groups excluding carboxylic acids is 2. The van der Waals surface area contributed by atoms with Gasteiger partial charge < -0.3 is 9.47 Å². The Kier molecular flexibility index (Phi) is 4.57. The van der Waals surface area contributed by atoms with Gasteiger partial charge >= 0.3 is 5.97 Å². The quantitative estimate of drug-likeness (QED) is 0.680. The molecular weight excluding hydrogens is 318 g/mol. The van der Waals surface area contributed by atoms with Gasteiger partial charge in [0.05, 0.1) is 18.2 Å². The van der Waals surface area contributed by atoms with E-state index in [4.69, 9.17) is 9.47 Å². The molecule has 0 aliphatic heterocycles. The van der Waals surface area contributed by atoms with Gasteiger partial charge in [-0.25, -0.2) is 4.79 Å². The topological polar surface area (TPSA) is 57.5 Å². The molecule has 0 spiro atoms. The molecule has 3 rings (SSSR count). The van der Waals surface area contributed by atoms with Crippen molar-refractivity contribution in [1.29, 1.82) is 0 Å². The minimum atomic E-state index is -0.474. The average Bonchev–Trinajstić information content (AvgIpc) is 2.98. The normalized spacial score (nSPS) is 10.7. The second kappa shape index (κ2) is 6.81. The van der Waals surface area contributed by atoms with Crippen LogP contribution in [0.5, 0.6) is 5.75 Å². The number of hydrogen-bond donors (Lipinski definition) is 0. The molecule has 0 radical (unpaired) electrons. The molecule has 0 aliphatic carbocycles. The van der Waals surface area contributed by atoms with Crippen molar-refractivity contribution in [1.82, 2.24) is 4.57 Å². The first-order chi connectivity index (χ1) is 12.0. The fraction of sp³-hybridized carbons (Fsp3) is 0.200. The van der Waals surface area contributed by atoms with Gasteiger partial charge in [-0.05, 0) is 43.2 Å². The van der Waals surface area contributed by atoms with Crippen molar-refractivity contribution < 1.29 is 19.1 Å². The van der Waals surface area contributed by atoms with Gasteiger partial charge in [0, 0.05) is 11.6 Å². The summed E-state index contributed by atoms with van der Waals surface area (Å²) < 4.78 is 11.9. The van der Waals surface area contributed by atoms with E-state index in [0.717, 1.165) is 11.1 Å². The fourth-order valence-corrected chi connectivity index (χ4v) is 2.89. The van der Waals surface area contributed by atoms with Crippen molar-refractivity contribution in [2.75, 3.05) is 13.7 Å². The molecule has 5 nitrogen and oxygen atoms in total. The summed E-state index contributed by atoms with van der Waals surface area (Å²) in [5, 5.41) is 0.675. The van der Waals surface area contributed by atoms with Crippen LogP contribution < -0.4 is 4.74 Å². The zero-order chi connectivity index (χ0) is 18.0. The maximum Gasteiger partial charge on any atom is 0.340 e. The Bertz CT molecular complexity index is 935. The number of methoxy groups -OCH3 is 1. The Morgan fingerprint density at radius 2 is 1.72 bits per heavy atom. The lowest BCUT2D eigenvalue weighted by atomic mass is 10.1. The minimum absolute atomic E-state index is 0.123. The Morgan fingerprint density at radius 3 is 2.40 bits per heavy atom. The van der Waals surface area contributed by atoms with Gasteiger partial charge in [0.1, 0.15) is 5.75 Å². The molecule has 2 aromatic carbocycles. The first-order valence-corrected chi connectivity index (χ1v) is 7.92. The maximum absolute atomic E-state index is 12.6. The van der Waals surface area contributed by atoms with Gasteiger partial charge in [-0.2, -0.15) is 0 Å². The summed E-state index contributed by atoms with van der Waals surface area (Å²) in [5.74, 6) is -0.0843. The summed E-state index contributed by atoms with van der Waals surface area (Å²) in [6.45, 7) is 3.83. The van der Waals surface area contributed by atoms with E-state index < -0.39 is 5.97 Å². The minimum Gasteiger partial charge on any atom is -0.484 e. The standard InChI is InChI=1S/C20H19NO4/c1-13-8-14(2)10-15(9-13)25-12-19(22)21-11-17(20(23)24-3)16-6-4-5-7-18(16)21/h4-11H,12H2,1-3H3. The molecule has 0 atom stereocenters. The fourth-order valence-electron chi connectivity index (χ4n) is 2.89. The van der Waals surface area contributed by atoms with Crippen LogP contribution in [-0.2, 0) is 4.74 Å². The van der Waals surface area contributed by atoms with Gasteiger partial charge in [0.15, 0.2) is 6.61 Å². The smallest absolute Gasteiger partial charge is 0.340 e. The lowest BCUT2D eigenvalue weighted by Crippen LogP contribution is -2.18. The van der Waals surface area contributed by atoms with Gasteiger partial charge in [-0.3, -0.25) is 9.36 Å². The number of hydrogen-bond acceptors (Lipinski definition) is 4. The third kappa shape index (κ3) is 3.40. The Hall–Kier alpha value is -3.08. The largest absolute Gasteiger partial charge is 0.484 e. The number of aryl methyl sites for hydroxylation is 2. The molecule has 3 aromatic rings. The van der Waals surface area contributed by atoms with Crippen LogP contribution >= 0.6 is 0 Å². The highest BCUT2D eigenvalue weighted by atomic mass is 16.5. The average molecular weight is 337 g/mol. The van der Waals surface area contributed by atoms with E-state index in [1.807, 2.05) is 44.2 Å². The van der Waals surface area contributed by atoms with E-state index in [1.54, 1.807) is 12.1 Å². The third-order valence-electron chi connectivity index (χ3n) is 3.94. The van der Waals surface area contributed by atoms with Crippen LogP contribution in [0, 0.1) is 13.8 Å². The molecule has 0 unspecified atom stereocenters.